The largest absolute Gasteiger partial charge is 0.497 e. The van der Waals surface area contributed by atoms with Crippen molar-refractivity contribution in [3.05, 3.63) is 107 Å². The minimum absolute atomic E-state index is 0.101. The maximum atomic E-state index is 11.1. The number of aliphatic hydroxyl groups is 1. The van der Waals surface area contributed by atoms with Gasteiger partial charge in [-0.25, -0.2) is 4.68 Å². The molecule has 2 heterocycles. The van der Waals surface area contributed by atoms with Crippen molar-refractivity contribution in [3.8, 4) is 36.2 Å². The van der Waals surface area contributed by atoms with Gasteiger partial charge in [0.2, 0.25) is 0 Å². The number of methoxy groups -OCH3 is 2. The fraction of sp³-hybridized carbons (Fsp3) is 0.314. The molecule has 4 aromatic rings. The zero-order chi connectivity index (χ0) is 30.9. The fourth-order valence-electron chi connectivity index (χ4n) is 5.49. The van der Waals surface area contributed by atoms with Gasteiger partial charge in [-0.1, -0.05) is 71.7 Å². The molecule has 3 aromatic carbocycles. The average molecular weight is 593 g/mol. The van der Waals surface area contributed by atoms with Crippen molar-refractivity contribution in [2.45, 2.75) is 37.0 Å². The minimum atomic E-state index is -1.03. The first-order valence-electron chi connectivity index (χ1n) is 14.3. The summed E-state index contributed by atoms with van der Waals surface area (Å²) in [5, 5.41) is 19.6. The lowest BCUT2D eigenvalue weighted by Crippen LogP contribution is -2.38. The van der Waals surface area contributed by atoms with Crippen molar-refractivity contribution in [2.24, 2.45) is 0 Å². The number of terminal acetylenes is 2. The summed E-state index contributed by atoms with van der Waals surface area (Å²) in [4.78, 5) is 1.91. The quantitative estimate of drug-likeness (QED) is 0.184. The van der Waals surface area contributed by atoms with Crippen LogP contribution in [-0.4, -0.2) is 71.1 Å². The van der Waals surface area contributed by atoms with E-state index in [1.54, 1.807) is 25.1 Å². The van der Waals surface area contributed by atoms with Crippen LogP contribution >= 0.6 is 0 Å². The first-order valence-corrected chi connectivity index (χ1v) is 14.3. The number of ether oxygens (including phenoxy) is 4. The van der Waals surface area contributed by atoms with E-state index < -0.39 is 24.0 Å². The second-order valence-electron chi connectivity index (χ2n) is 10.5. The third-order valence-electron chi connectivity index (χ3n) is 7.71. The van der Waals surface area contributed by atoms with Crippen LogP contribution in [-0.2, 0) is 21.6 Å². The van der Waals surface area contributed by atoms with Crippen LogP contribution in [0.1, 0.15) is 35.0 Å². The molecule has 1 aliphatic rings. The Morgan fingerprint density at radius 1 is 0.909 bits per heavy atom. The highest BCUT2D eigenvalue weighted by molar-refractivity contribution is 5.49. The van der Waals surface area contributed by atoms with Gasteiger partial charge < -0.3 is 24.1 Å². The van der Waals surface area contributed by atoms with E-state index in [9.17, 15) is 5.11 Å². The van der Waals surface area contributed by atoms with Crippen LogP contribution in [0.4, 0.5) is 0 Å². The van der Waals surface area contributed by atoms with Crippen LogP contribution in [0, 0.1) is 24.7 Å². The highest BCUT2D eigenvalue weighted by atomic mass is 16.6. The van der Waals surface area contributed by atoms with E-state index in [0.717, 1.165) is 28.2 Å². The van der Waals surface area contributed by atoms with Gasteiger partial charge in [-0.3, -0.25) is 4.90 Å². The number of aliphatic hydroxyl groups excluding tert-OH is 1. The van der Waals surface area contributed by atoms with Crippen LogP contribution in [0.25, 0.3) is 0 Å². The van der Waals surface area contributed by atoms with Gasteiger partial charge in [0, 0.05) is 13.0 Å². The molecular weight excluding hydrogens is 556 g/mol. The summed E-state index contributed by atoms with van der Waals surface area (Å²) in [6.45, 7) is 1.37. The van der Waals surface area contributed by atoms with E-state index in [-0.39, 0.29) is 6.61 Å². The van der Waals surface area contributed by atoms with E-state index in [1.165, 1.54) is 0 Å². The van der Waals surface area contributed by atoms with Gasteiger partial charge in [-0.05, 0) is 41.0 Å². The summed E-state index contributed by atoms with van der Waals surface area (Å²) < 4.78 is 25.7. The van der Waals surface area contributed by atoms with Crippen molar-refractivity contribution in [2.75, 3.05) is 33.9 Å². The van der Waals surface area contributed by atoms with Crippen LogP contribution in [0.3, 0.4) is 0 Å². The lowest BCUT2D eigenvalue weighted by molar-refractivity contribution is -0.0959. The van der Waals surface area contributed by atoms with E-state index in [1.807, 2.05) is 83.8 Å². The first-order chi connectivity index (χ1) is 21.5. The summed E-state index contributed by atoms with van der Waals surface area (Å²) in [6, 6.07) is 25.6. The smallest absolute Gasteiger partial charge is 0.155 e. The zero-order valence-corrected chi connectivity index (χ0v) is 24.9. The molecule has 0 saturated carbocycles. The second-order valence-corrected chi connectivity index (χ2v) is 10.5. The Kier molecular flexibility index (Phi) is 9.96. The first kappa shape index (κ1) is 30.8. The molecule has 1 saturated heterocycles. The normalized spacial score (nSPS) is 18.1. The number of rotatable bonds is 13. The molecule has 0 unspecified atom stereocenters. The summed E-state index contributed by atoms with van der Waals surface area (Å²) in [5.74, 6) is 6.69. The number of benzene rings is 3. The SMILES string of the molecule is C#CCN(CC#C)Cc1cn([C@H]2C[C@H](O)[C@@H](COC(c3ccccc3)(c3ccc(OC)cc3)c3ccc(OC)cc3)O2)nn1. The summed E-state index contributed by atoms with van der Waals surface area (Å²) in [5.41, 5.74) is 2.38. The van der Waals surface area contributed by atoms with Gasteiger partial charge in [-0.2, -0.15) is 0 Å². The maximum Gasteiger partial charge on any atom is 0.155 e. The minimum Gasteiger partial charge on any atom is -0.497 e. The average Bonchev–Trinajstić information content (AvgIpc) is 3.69. The predicted molar refractivity (Wildman–Crippen MR) is 166 cm³/mol. The van der Waals surface area contributed by atoms with Crippen molar-refractivity contribution >= 4 is 0 Å². The summed E-state index contributed by atoms with van der Waals surface area (Å²) in [7, 11) is 3.27. The van der Waals surface area contributed by atoms with E-state index in [0.29, 0.717) is 31.7 Å². The molecule has 44 heavy (non-hydrogen) atoms. The number of aromatic nitrogens is 3. The maximum absolute atomic E-state index is 11.1. The molecular formula is C35H36N4O5. The Bertz CT molecular complexity index is 1510. The molecule has 0 spiro atoms. The van der Waals surface area contributed by atoms with Crippen LogP contribution < -0.4 is 9.47 Å². The molecule has 9 nitrogen and oxygen atoms in total. The lowest BCUT2D eigenvalue weighted by atomic mass is 9.80. The Morgan fingerprint density at radius 2 is 1.48 bits per heavy atom. The molecule has 0 aliphatic carbocycles. The van der Waals surface area contributed by atoms with Gasteiger partial charge in [0.05, 0.1) is 51.9 Å². The van der Waals surface area contributed by atoms with E-state index in [4.69, 9.17) is 31.8 Å². The second kappa shape index (κ2) is 14.2. The number of hydrogen-bond acceptors (Lipinski definition) is 8. The third-order valence-corrected chi connectivity index (χ3v) is 7.71. The molecule has 1 fully saturated rings. The standard InChI is InChI=1S/C35H36N4O5/c1-5-20-38(21-6-2)23-29-24-39(37-36-29)34-22-32(40)33(44-34)25-43-35(26-10-8-7-9-11-26,27-12-16-30(41-3)17-13-27)28-14-18-31(42-4)19-15-28/h1-2,7-19,24,32-34,40H,20-23,25H2,3-4H3/t32-,33+,34+/m0/s1. The third kappa shape index (κ3) is 6.62. The summed E-state index contributed by atoms with van der Waals surface area (Å²) >= 11 is 0. The van der Waals surface area contributed by atoms with E-state index in [2.05, 4.69) is 22.2 Å². The highest BCUT2D eigenvalue weighted by Crippen LogP contribution is 2.42. The molecule has 1 aliphatic heterocycles. The lowest BCUT2D eigenvalue weighted by Gasteiger charge is -2.37. The van der Waals surface area contributed by atoms with Crippen molar-refractivity contribution in [3.63, 3.8) is 0 Å². The van der Waals surface area contributed by atoms with Gasteiger partial charge in [0.1, 0.15) is 23.2 Å². The van der Waals surface area contributed by atoms with Crippen LogP contribution in [0.15, 0.2) is 85.1 Å². The molecule has 9 heteroatoms. The Hall–Kier alpha value is -4.64. The molecule has 1 aromatic heterocycles. The molecule has 0 radical (unpaired) electrons. The molecule has 0 bridgehead atoms. The van der Waals surface area contributed by atoms with E-state index >= 15 is 0 Å². The molecule has 3 atom stereocenters. The Balaban J connectivity index is 1.42. The summed E-state index contributed by atoms with van der Waals surface area (Å²) in [6.07, 6.45) is 11.2. The van der Waals surface area contributed by atoms with Gasteiger partial charge in [0.15, 0.2) is 6.23 Å². The van der Waals surface area contributed by atoms with Gasteiger partial charge in [0.25, 0.3) is 0 Å². The molecule has 5 rings (SSSR count). The Labute approximate surface area is 258 Å². The van der Waals surface area contributed by atoms with Gasteiger partial charge >= 0.3 is 0 Å². The van der Waals surface area contributed by atoms with Crippen molar-refractivity contribution in [1.82, 2.24) is 19.9 Å². The van der Waals surface area contributed by atoms with Crippen molar-refractivity contribution < 1.29 is 24.1 Å². The monoisotopic (exact) mass is 592 g/mol. The molecule has 1 N–H and O–H groups in total. The highest BCUT2D eigenvalue weighted by Gasteiger charge is 2.42. The number of hydrogen-bond donors (Lipinski definition) is 1. The molecule has 0 amide bonds. The predicted octanol–water partition coefficient (Wildman–Crippen LogP) is 4.02. The molecule has 226 valence electrons. The van der Waals surface area contributed by atoms with Crippen molar-refractivity contribution in [1.29, 1.82) is 0 Å². The topological polar surface area (TPSA) is 91.1 Å². The van der Waals surface area contributed by atoms with Gasteiger partial charge in [-0.15, -0.1) is 17.9 Å². The zero-order valence-electron chi connectivity index (χ0n) is 24.9. The fourth-order valence-corrected chi connectivity index (χ4v) is 5.49. The number of nitrogens with zero attached hydrogens (tertiary/aromatic N) is 4. The van der Waals surface area contributed by atoms with Crippen LogP contribution in [0.5, 0.6) is 11.5 Å². The Morgan fingerprint density at radius 3 is 2.02 bits per heavy atom. The van der Waals surface area contributed by atoms with Crippen LogP contribution in [0.2, 0.25) is 0 Å².